The van der Waals surface area contributed by atoms with E-state index in [0.29, 0.717) is 5.56 Å². The fraction of sp³-hybridized carbons (Fsp3) is 0.0625. The minimum absolute atomic E-state index is 0.0760. The number of phenolic OH excluding ortho intramolecular Hbond substituents is 1. The van der Waals surface area contributed by atoms with Gasteiger partial charge < -0.3 is 5.11 Å². The van der Waals surface area contributed by atoms with Gasteiger partial charge in [-0.25, -0.2) is 0 Å². The van der Waals surface area contributed by atoms with Crippen molar-refractivity contribution in [1.29, 1.82) is 0 Å². The number of carbonyl (C=O) groups is 1. The van der Waals surface area contributed by atoms with E-state index < -0.39 is 17.5 Å². The molecule has 0 aliphatic rings. The molecule has 22 heavy (non-hydrogen) atoms. The van der Waals surface area contributed by atoms with E-state index in [0.717, 1.165) is 24.3 Å². The molecule has 0 unspecified atom stereocenters. The highest BCUT2D eigenvalue weighted by Crippen LogP contribution is 2.29. The van der Waals surface area contributed by atoms with Crippen molar-refractivity contribution in [2.45, 2.75) is 6.18 Å². The fourth-order valence-corrected chi connectivity index (χ4v) is 1.91. The normalized spacial score (nSPS) is 11.8. The van der Waals surface area contributed by atoms with Crippen molar-refractivity contribution < 1.29 is 23.1 Å². The zero-order valence-corrected chi connectivity index (χ0v) is 11.8. The average molecular weight is 327 g/mol. The number of alkyl halides is 3. The number of ketones is 1. The summed E-state index contributed by atoms with van der Waals surface area (Å²) in [5.41, 5.74) is -0.0736. The first-order valence-corrected chi connectivity index (χ1v) is 6.53. The van der Waals surface area contributed by atoms with Crippen LogP contribution in [0.3, 0.4) is 0 Å². The van der Waals surface area contributed by atoms with Gasteiger partial charge in [0.05, 0.1) is 10.6 Å². The maximum absolute atomic E-state index is 12.4. The fourth-order valence-electron chi connectivity index (χ4n) is 1.72. The minimum atomic E-state index is -4.43. The summed E-state index contributed by atoms with van der Waals surface area (Å²) in [6, 6.07) is 8.37. The summed E-state index contributed by atoms with van der Waals surface area (Å²) in [6.07, 6.45) is -1.74. The summed E-state index contributed by atoms with van der Waals surface area (Å²) in [5, 5.41) is 9.42. The van der Waals surface area contributed by atoms with Crippen molar-refractivity contribution >= 4 is 23.5 Å². The smallest absolute Gasteiger partial charge is 0.416 e. The van der Waals surface area contributed by atoms with Crippen LogP contribution in [0.2, 0.25) is 5.02 Å². The summed E-state index contributed by atoms with van der Waals surface area (Å²) in [4.78, 5) is 11.9. The van der Waals surface area contributed by atoms with Crippen LogP contribution in [0.4, 0.5) is 13.2 Å². The quantitative estimate of drug-likeness (QED) is 0.639. The minimum Gasteiger partial charge on any atom is -0.506 e. The number of aromatic hydroxyl groups is 1. The van der Waals surface area contributed by atoms with Crippen LogP contribution in [0.25, 0.3) is 6.08 Å². The molecule has 0 radical (unpaired) electrons. The second kappa shape index (κ2) is 6.23. The molecule has 0 saturated carbocycles. The Morgan fingerprint density at radius 2 is 1.73 bits per heavy atom. The van der Waals surface area contributed by atoms with E-state index in [9.17, 15) is 23.1 Å². The number of benzene rings is 2. The Morgan fingerprint density at radius 1 is 1.09 bits per heavy atom. The van der Waals surface area contributed by atoms with Gasteiger partial charge in [0, 0.05) is 5.56 Å². The summed E-state index contributed by atoms with van der Waals surface area (Å²) in [5.74, 6) is -0.509. The van der Waals surface area contributed by atoms with Crippen molar-refractivity contribution in [3.8, 4) is 5.75 Å². The van der Waals surface area contributed by atoms with Gasteiger partial charge >= 0.3 is 6.18 Å². The molecule has 114 valence electrons. The lowest BCUT2D eigenvalue weighted by atomic mass is 10.1. The molecule has 0 aliphatic carbocycles. The van der Waals surface area contributed by atoms with Gasteiger partial charge in [-0.15, -0.1) is 0 Å². The highest BCUT2D eigenvalue weighted by Gasteiger charge is 2.30. The number of allylic oxidation sites excluding steroid dienone is 1. The number of hydrogen-bond donors (Lipinski definition) is 1. The molecule has 2 rings (SSSR count). The maximum Gasteiger partial charge on any atom is 0.416 e. The van der Waals surface area contributed by atoms with Crippen molar-refractivity contribution in [3.63, 3.8) is 0 Å². The molecule has 0 spiro atoms. The van der Waals surface area contributed by atoms with E-state index in [1.54, 1.807) is 6.07 Å². The molecule has 0 atom stereocenters. The number of halogens is 4. The summed E-state index contributed by atoms with van der Waals surface area (Å²) >= 11 is 5.73. The molecule has 0 heterocycles. The van der Waals surface area contributed by atoms with Gasteiger partial charge in [-0.05, 0) is 35.9 Å². The Bertz CT molecular complexity index is 719. The Labute approximate surface area is 129 Å². The predicted molar refractivity (Wildman–Crippen MR) is 77.9 cm³/mol. The Morgan fingerprint density at radius 3 is 2.27 bits per heavy atom. The highest BCUT2D eigenvalue weighted by molar-refractivity contribution is 6.32. The zero-order valence-electron chi connectivity index (χ0n) is 11.1. The number of carbonyl (C=O) groups excluding carboxylic acids is 1. The SMILES string of the molecule is O=C(C=Cc1ccc(O)c(Cl)c1)c1ccc(C(F)(F)F)cc1. The first kappa shape index (κ1) is 16.1. The Kier molecular flexibility index (Phi) is 4.56. The topological polar surface area (TPSA) is 37.3 Å². The second-order valence-electron chi connectivity index (χ2n) is 4.48. The molecule has 2 aromatic rings. The third kappa shape index (κ3) is 3.89. The summed E-state index contributed by atoms with van der Waals surface area (Å²) in [7, 11) is 0. The number of hydrogen-bond acceptors (Lipinski definition) is 2. The van der Waals surface area contributed by atoms with Gasteiger partial charge in [-0.1, -0.05) is 35.9 Å². The van der Waals surface area contributed by atoms with Gasteiger partial charge in [-0.3, -0.25) is 4.79 Å². The molecule has 0 aromatic heterocycles. The number of rotatable bonds is 3. The van der Waals surface area contributed by atoms with Crippen molar-refractivity contribution in [1.82, 2.24) is 0 Å². The Hall–Kier alpha value is -2.27. The van der Waals surface area contributed by atoms with E-state index in [2.05, 4.69) is 0 Å². The van der Waals surface area contributed by atoms with Crippen molar-refractivity contribution in [3.05, 3.63) is 70.3 Å². The van der Waals surface area contributed by atoms with Crippen LogP contribution in [0, 0.1) is 0 Å². The number of phenols is 1. The third-order valence-electron chi connectivity index (χ3n) is 2.90. The van der Waals surface area contributed by atoms with Crippen LogP contribution in [0.5, 0.6) is 5.75 Å². The summed E-state index contributed by atoms with van der Waals surface area (Å²) in [6.45, 7) is 0. The van der Waals surface area contributed by atoms with Gasteiger partial charge in [0.1, 0.15) is 5.75 Å². The molecule has 1 N–H and O–H groups in total. The van der Waals surface area contributed by atoms with Gasteiger partial charge in [0.25, 0.3) is 0 Å². The van der Waals surface area contributed by atoms with Crippen molar-refractivity contribution in [2.75, 3.05) is 0 Å². The van der Waals surface area contributed by atoms with E-state index >= 15 is 0 Å². The molecule has 0 fully saturated rings. The molecule has 6 heteroatoms. The predicted octanol–water partition coefficient (Wildman–Crippen LogP) is 4.96. The van der Waals surface area contributed by atoms with Crippen LogP contribution >= 0.6 is 11.6 Å². The van der Waals surface area contributed by atoms with Gasteiger partial charge in [0.2, 0.25) is 0 Å². The average Bonchev–Trinajstić information content (AvgIpc) is 2.47. The molecule has 0 saturated heterocycles. The van der Waals surface area contributed by atoms with E-state index in [1.165, 1.54) is 24.3 Å². The largest absolute Gasteiger partial charge is 0.506 e. The summed E-state index contributed by atoms with van der Waals surface area (Å²) < 4.78 is 37.3. The molecule has 2 nitrogen and oxygen atoms in total. The maximum atomic E-state index is 12.4. The Balaban J connectivity index is 2.14. The first-order chi connectivity index (χ1) is 10.3. The van der Waals surface area contributed by atoms with E-state index in [-0.39, 0.29) is 16.3 Å². The van der Waals surface area contributed by atoms with Gasteiger partial charge in [0.15, 0.2) is 5.78 Å². The zero-order chi connectivity index (χ0) is 16.3. The molecule has 0 aliphatic heterocycles. The molecule has 0 amide bonds. The van der Waals surface area contributed by atoms with Crippen LogP contribution < -0.4 is 0 Å². The molecule has 2 aromatic carbocycles. The lowest BCUT2D eigenvalue weighted by Gasteiger charge is -2.06. The van der Waals surface area contributed by atoms with Gasteiger partial charge in [-0.2, -0.15) is 13.2 Å². The van der Waals surface area contributed by atoms with E-state index in [1.807, 2.05) is 0 Å². The lowest BCUT2D eigenvalue weighted by Crippen LogP contribution is -2.05. The van der Waals surface area contributed by atoms with Crippen LogP contribution in [0.15, 0.2) is 48.5 Å². The highest BCUT2D eigenvalue weighted by atomic mass is 35.5. The van der Waals surface area contributed by atoms with Crippen LogP contribution in [-0.4, -0.2) is 10.9 Å². The second-order valence-corrected chi connectivity index (χ2v) is 4.89. The molecule has 0 bridgehead atoms. The third-order valence-corrected chi connectivity index (χ3v) is 3.20. The monoisotopic (exact) mass is 326 g/mol. The standard InChI is InChI=1S/C16H10ClF3O2/c17-13-9-10(2-8-15(13)22)1-7-14(21)11-3-5-12(6-4-11)16(18,19)20/h1-9,22H. The van der Waals surface area contributed by atoms with Crippen LogP contribution in [-0.2, 0) is 6.18 Å². The molecular weight excluding hydrogens is 317 g/mol. The van der Waals surface area contributed by atoms with Crippen molar-refractivity contribution in [2.24, 2.45) is 0 Å². The van der Waals surface area contributed by atoms with Crippen LogP contribution in [0.1, 0.15) is 21.5 Å². The first-order valence-electron chi connectivity index (χ1n) is 6.15. The molecular formula is C16H10ClF3O2. The van der Waals surface area contributed by atoms with E-state index in [4.69, 9.17) is 11.6 Å². The lowest BCUT2D eigenvalue weighted by molar-refractivity contribution is -0.137.